The molecule has 0 aromatic carbocycles. The molecule has 0 spiro atoms. The fourth-order valence-corrected chi connectivity index (χ4v) is 5.52. The molecule has 2 unspecified atom stereocenters. The van der Waals surface area contributed by atoms with E-state index in [0.29, 0.717) is 18.3 Å². The van der Waals surface area contributed by atoms with Gasteiger partial charge in [-0.3, -0.25) is 0 Å². The Hall–Kier alpha value is -1.30. The van der Waals surface area contributed by atoms with E-state index in [1.807, 2.05) is 0 Å². The van der Waals surface area contributed by atoms with Crippen molar-refractivity contribution in [2.24, 2.45) is 17.3 Å². The lowest BCUT2D eigenvalue weighted by Crippen LogP contribution is -2.64. The van der Waals surface area contributed by atoms with E-state index in [2.05, 4.69) is 5.32 Å². The normalized spacial score (nSPS) is 39.8. The van der Waals surface area contributed by atoms with Gasteiger partial charge in [0.1, 0.15) is 11.6 Å². The zero-order chi connectivity index (χ0) is 17.0. The highest BCUT2D eigenvalue weighted by Crippen LogP contribution is 2.62. The Morgan fingerprint density at radius 2 is 1.74 bits per heavy atom. The molecule has 4 rings (SSSR count). The molecule has 4 bridgehead atoms. The van der Waals surface area contributed by atoms with Crippen LogP contribution >= 0.6 is 0 Å². The summed E-state index contributed by atoms with van der Waals surface area (Å²) in [5, 5.41) is 23.1. The summed E-state index contributed by atoms with van der Waals surface area (Å²) >= 11 is 0. The van der Waals surface area contributed by atoms with Crippen LogP contribution in [0.15, 0.2) is 0 Å². The number of carbonyl (C=O) groups is 2. The molecule has 0 saturated heterocycles. The van der Waals surface area contributed by atoms with E-state index in [0.717, 1.165) is 32.1 Å². The molecule has 5 atom stereocenters. The second kappa shape index (κ2) is 5.10. The summed E-state index contributed by atoms with van der Waals surface area (Å²) in [6, 6.07) is -1.00. The number of aliphatic carboxylic acids is 1. The first-order valence-electron chi connectivity index (χ1n) is 8.45. The van der Waals surface area contributed by atoms with Crippen LogP contribution in [0, 0.1) is 17.3 Å². The fourth-order valence-electron chi connectivity index (χ4n) is 5.52. The van der Waals surface area contributed by atoms with E-state index in [9.17, 15) is 19.8 Å². The van der Waals surface area contributed by atoms with Crippen molar-refractivity contribution in [1.29, 1.82) is 0 Å². The van der Waals surface area contributed by atoms with Crippen molar-refractivity contribution in [3.8, 4) is 0 Å². The number of carboxylic acids is 1. The van der Waals surface area contributed by atoms with Gasteiger partial charge in [-0.1, -0.05) is 0 Å². The minimum Gasteiger partial charge on any atom is -0.480 e. The van der Waals surface area contributed by atoms with Crippen LogP contribution in [0.1, 0.15) is 59.3 Å². The molecule has 6 nitrogen and oxygen atoms in total. The van der Waals surface area contributed by atoms with Crippen LogP contribution in [-0.4, -0.2) is 39.5 Å². The molecular weight excluding hydrogens is 298 g/mol. The zero-order valence-corrected chi connectivity index (χ0v) is 14.1. The Kier molecular flexibility index (Phi) is 3.67. The smallest absolute Gasteiger partial charge is 0.408 e. The minimum atomic E-state index is -1.04. The molecular formula is C17H27NO5. The maximum atomic E-state index is 12.1. The average Bonchev–Trinajstić information content (AvgIpc) is 2.29. The van der Waals surface area contributed by atoms with E-state index < -0.39 is 34.7 Å². The maximum absolute atomic E-state index is 12.1. The lowest BCUT2D eigenvalue weighted by Gasteiger charge is -2.61. The van der Waals surface area contributed by atoms with E-state index in [-0.39, 0.29) is 0 Å². The Bertz CT molecular complexity index is 510. The van der Waals surface area contributed by atoms with Crippen molar-refractivity contribution in [2.45, 2.75) is 76.5 Å². The molecule has 0 aliphatic heterocycles. The number of rotatable bonds is 3. The standard InChI is InChI=1S/C17H27NO5/c1-15(2,3)23-14(21)18-12(13(19)20)16-5-10-4-11(6-16)8-17(22,7-10)9-16/h10-12,22H,4-9H2,1-3H3,(H,18,21)(H,19,20)/t10-,11+,12-,16?,17?/m1/s1. The Morgan fingerprint density at radius 3 is 2.17 bits per heavy atom. The number of amides is 1. The Morgan fingerprint density at radius 1 is 1.17 bits per heavy atom. The Labute approximate surface area is 136 Å². The molecule has 4 fully saturated rings. The van der Waals surface area contributed by atoms with Crippen LogP contribution < -0.4 is 5.32 Å². The van der Waals surface area contributed by atoms with Gasteiger partial charge in [-0.25, -0.2) is 9.59 Å². The van der Waals surface area contributed by atoms with E-state index in [1.54, 1.807) is 20.8 Å². The van der Waals surface area contributed by atoms with Crippen molar-refractivity contribution in [2.75, 3.05) is 0 Å². The van der Waals surface area contributed by atoms with Gasteiger partial charge in [0.05, 0.1) is 5.60 Å². The summed E-state index contributed by atoms with van der Waals surface area (Å²) in [5.74, 6) is -0.312. The summed E-state index contributed by atoms with van der Waals surface area (Å²) in [7, 11) is 0. The number of hydrogen-bond acceptors (Lipinski definition) is 4. The molecule has 4 aliphatic rings. The predicted molar refractivity (Wildman–Crippen MR) is 82.9 cm³/mol. The second-order valence-corrected chi connectivity index (χ2v) is 8.97. The molecule has 130 valence electrons. The summed E-state index contributed by atoms with van der Waals surface area (Å²) < 4.78 is 5.23. The highest BCUT2D eigenvalue weighted by Gasteiger charge is 2.61. The molecule has 0 heterocycles. The van der Waals surface area contributed by atoms with Gasteiger partial charge < -0.3 is 20.3 Å². The van der Waals surface area contributed by atoms with Crippen LogP contribution in [-0.2, 0) is 9.53 Å². The number of nitrogens with one attached hydrogen (secondary N) is 1. The largest absolute Gasteiger partial charge is 0.480 e. The molecule has 0 aromatic rings. The number of hydrogen-bond donors (Lipinski definition) is 3. The second-order valence-electron chi connectivity index (χ2n) is 8.97. The highest BCUT2D eigenvalue weighted by molar-refractivity contribution is 5.81. The van der Waals surface area contributed by atoms with Crippen molar-refractivity contribution >= 4 is 12.1 Å². The molecule has 0 aromatic heterocycles. The summed E-state index contributed by atoms with van der Waals surface area (Å²) in [4.78, 5) is 24.0. The third-order valence-electron chi connectivity index (χ3n) is 5.60. The van der Waals surface area contributed by atoms with E-state index in [1.165, 1.54) is 0 Å². The third-order valence-corrected chi connectivity index (χ3v) is 5.60. The van der Waals surface area contributed by atoms with Gasteiger partial charge in [0, 0.05) is 5.41 Å². The van der Waals surface area contributed by atoms with Crippen molar-refractivity contribution in [3.05, 3.63) is 0 Å². The van der Waals surface area contributed by atoms with Gasteiger partial charge in [0.2, 0.25) is 0 Å². The molecule has 4 saturated carbocycles. The lowest BCUT2D eigenvalue weighted by molar-refractivity contribution is -0.182. The van der Waals surface area contributed by atoms with Gasteiger partial charge in [-0.15, -0.1) is 0 Å². The molecule has 0 radical (unpaired) electrons. The SMILES string of the molecule is CC(C)(C)OC(=O)N[C@H](C(=O)O)C12C[C@@H]3C[C@@H](CC(O)(C3)C1)C2. The molecule has 1 amide bonds. The summed E-state index contributed by atoms with van der Waals surface area (Å²) in [6.45, 7) is 5.24. The first-order chi connectivity index (χ1) is 10.5. The van der Waals surface area contributed by atoms with E-state index in [4.69, 9.17) is 4.74 Å². The van der Waals surface area contributed by atoms with Gasteiger partial charge in [0.15, 0.2) is 0 Å². The van der Waals surface area contributed by atoms with Gasteiger partial charge in [-0.2, -0.15) is 0 Å². The van der Waals surface area contributed by atoms with Crippen molar-refractivity contribution < 1.29 is 24.5 Å². The monoisotopic (exact) mass is 325 g/mol. The highest BCUT2D eigenvalue weighted by atomic mass is 16.6. The van der Waals surface area contributed by atoms with Crippen LogP contribution in [0.2, 0.25) is 0 Å². The van der Waals surface area contributed by atoms with Gasteiger partial charge in [0.25, 0.3) is 0 Å². The minimum absolute atomic E-state index is 0.364. The molecule has 6 heteroatoms. The Balaban J connectivity index is 1.81. The summed E-state index contributed by atoms with van der Waals surface area (Å²) in [6.07, 6.45) is 3.89. The number of ether oxygens (including phenoxy) is 1. The molecule has 3 N–H and O–H groups in total. The van der Waals surface area contributed by atoms with Gasteiger partial charge in [-0.05, 0) is 71.1 Å². The number of carbonyl (C=O) groups excluding carboxylic acids is 1. The van der Waals surface area contributed by atoms with Crippen LogP contribution in [0.4, 0.5) is 4.79 Å². The average molecular weight is 325 g/mol. The number of carboxylic acid groups (broad SMARTS) is 1. The summed E-state index contributed by atoms with van der Waals surface area (Å²) in [5.41, 5.74) is -1.98. The zero-order valence-electron chi connectivity index (χ0n) is 14.1. The number of aliphatic hydroxyl groups is 1. The lowest BCUT2D eigenvalue weighted by atomic mass is 9.46. The number of alkyl carbamates (subject to hydrolysis) is 1. The predicted octanol–water partition coefficient (Wildman–Crippen LogP) is 2.30. The topological polar surface area (TPSA) is 95.9 Å². The first-order valence-corrected chi connectivity index (χ1v) is 8.45. The van der Waals surface area contributed by atoms with Crippen LogP contribution in [0.25, 0.3) is 0 Å². The van der Waals surface area contributed by atoms with Crippen molar-refractivity contribution in [1.82, 2.24) is 5.32 Å². The fraction of sp³-hybridized carbons (Fsp3) is 0.882. The maximum Gasteiger partial charge on any atom is 0.408 e. The van der Waals surface area contributed by atoms with Gasteiger partial charge >= 0.3 is 12.1 Å². The molecule has 4 aliphatic carbocycles. The molecule has 23 heavy (non-hydrogen) atoms. The first kappa shape index (κ1) is 16.6. The quantitative estimate of drug-likeness (QED) is 0.740. The van der Waals surface area contributed by atoms with Crippen molar-refractivity contribution in [3.63, 3.8) is 0 Å². The van der Waals surface area contributed by atoms with Crippen LogP contribution in [0.5, 0.6) is 0 Å². The third kappa shape index (κ3) is 3.18. The van der Waals surface area contributed by atoms with Crippen LogP contribution in [0.3, 0.4) is 0 Å². The van der Waals surface area contributed by atoms with E-state index >= 15 is 0 Å².